The second-order valence-electron chi connectivity index (χ2n) is 1.98. The molecule has 0 unspecified atom stereocenters. The van der Waals surface area contributed by atoms with Crippen LogP contribution in [0.4, 0.5) is 0 Å². The van der Waals surface area contributed by atoms with E-state index in [4.69, 9.17) is 17.0 Å². The van der Waals surface area contributed by atoms with E-state index in [2.05, 4.69) is 3.74 Å². The number of phenols is 1. The maximum atomic E-state index is 10.9. The molecular formula is C6H6ClNaO4S. The predicted octanol–water partition coefficient (Wildman–Crippen LogP) is 0.603. The van der Waals surface area contributed by atoms with Crippen molar-refractivity contribution in [3.63, 3.8) is 0 Å². The molecule has 0 spiro atoms. The number of para-hydroxylation sites is 1. The molecule has 0 aromatic heterocycles. The van der Waals surface area contributed by atoms with E-state index in [9.17, 15) is 8.42 Å². The number of benzene rings is 1. The zero-order valence-corrected chi connectivity index (χ0v) is 7.34. The second-order valence-corrected chi connectivity index (χ2v) is 3.84. The Morgan fingerprint density at radius 3 is 2.31 bits per heavy atom. The van der Waals surface area contributed by atoms with Gasteiger partial charge in [0.1, 0.15) is 10.6 Å². The van der Waals surface area contributed by atoms with Crippen molar-refractivity contribution in [2.24, 2.45) is 0 Å². The molecular weight excluding hydrogens is 227 g/mol. The molecule has 0 saturated heterocycles. The summed E-state index contributed by atoms with van der Waals surface area (Å²) in [5, 5.41) is 9.06. The van der Waals surface area contributed by atoms with E-state index >= 15 is 0 Å². The van der Waals surface area contributed by atoms with Gasteiger partial charge in [0, 0.05) is 0 Å². The molecule has 0 aliphatic heterocycles. The van der Waals surface area contributed by atoms with Crippen molar-refractivity contribution in [1.29, 1.82) is 0 Å². The Bertz CT molecular complexity index is 378. The molecule has 4 nitrogen and oxygen atoms in total. The fourth-order valence-corrected chi connectivity index (χ4v) is 1.54. The maximum absolute atomic E-state index is 10.9. The third-order valence-electron chi connectivity index (χ3n) is 1.22. The number of hydrogen-bond donors (Lipinski definition) is 1. The summed E-state index contributed by atoms with van der Waals surface area (Å²) in [5.74, 6) is -0.391. The van der Waals surface area contributed by atoms with Gasteiger partial charge in [0.05, 0.1) is 11.9 Å². The van der Waals surface area contributed by atoms with Crippen LogP contribution in [-0.4, -0.2) is 43.1 Å². The summed E-state index contributed by atoms with van der Waals surface area (Å²) in [7, 11) is -4.01. The zero-order valence-electron chi connectivity index (χ0n) is 5.77. The quantitative estimate of drug-likeness (QED) is 0.759. The predicted molar refractivity (Wildman–Crippen MR) is 49.4 cm³/mol. The van der Waals surface area contributed by atoms with E-state index in [0.29, 0.717) is 0 Å². The summed E-state index contributed by atoms with van der Waals surface area (Å²) in [6, 6.07) is 5.35. The van der Waals surface area contributed by atoms with Gasteiger partial charge in [-0.05, 0) is 12.1 Å². The van der Waals surface area contributed by atoms with Crippen LogP contribution in [-0.2, 0) is 13.9 Å². The van der Waals surface area contributed by atoms with Crippen LogP contribution in [0.1, 0.15) is 0 Å². The SMILES string of the molecule is O=S(=O)(OCl)c1ccccc1O.[NaH]. The first-order valence-corrected chi connectivity index (χ1v) is 4.63. The van der Waals surface area contributed by atoms with Crippen LogP contribution >= 0.6 is 11.9 Å². The summed E-state index contributed by atoms with van der Waals surface area (Å²) in [5.41, 5.74) is 0. The average Bonchev–Trinajstić information content (AvgIpc) is 2.05. The number of phenolic OH excluding ortho intramolecular Hbond substituents is 1. The van der Waals surface area contributed by atoms with Crippen molar-refractivity contribution in [3.05, 3.63) is 24.3 Å². The summed E-state index contributed by atoms with van der Waals surface area (Å²) in [4.78, 5) is -0.347. The monoisotopic (exact) mass is 232 g/mol. The van der Waals surface area contributed by atoms with E-state index < -0.39 is 15.9 Å². The number of rotatable bonds is 2. The Morgan fingerprint density at radius 2 is 1.85 bits per heavy atom. The molecule has 0 fully saturated rings. The first-order valence-electron chi connectivity index (χ1n) is 2.91. The molecule has 0 amide bonds. The number of hydrogen-bond acceptors (Lipinski definition) is 4. The summed E-state index contributed by atoms with van der Waals surface area (Å²) in [6.07, 6.45) is 0. The van der Waals surface area contributed by atoms with Gasteiger partial charge in [-0.15, -0.1) is 0 Å². The average molecular weight is 233 g/mol. The van der Waals surface area contributed by atoms with Crippen molar-refractivity contribution >= 4 is 51.5 Å². The molecule has 7 heteroatoms. The molecule has 1 aromatic carbocycles. The van der Waals surface area contributed by atoms with Crippen LogP contribution < -0.4 is 0 Å². The molecule has 0 radical (unpaired) electrons. The van der Waals surface area contributed by atoms with Crippen molar-refractivity contribution in [2.45, 2.75) is 4.90 Å². The Kier molecular flexibility index (Phi) is 5.28. The molecule has 0 aliphatic carbocycles. The van der Waals surface area contributed by atoms with Crippen molar-refractivity contribution in [1.82, 2.24) is 0 Å². The van der Waals surface area contributed by atoms with Crippen LogP contribution in [0.2, 0.25) is 0 Å². The zero-order chi connectivity index (χ0) is 9.19. The van der Waals surface area contributed by atoms with Gasteiger partial charge in [-0.25, -0.2) is 0 Å². The van der Waals surface area contributed by atoms with E-state index in [1.54, 1.807) is 0 Å². The summed E-state index contributed by atoms with van der Waals surface area (Å²) in [6.45, 7) is 0. The molecule has 0 atom stereocenters. The van der Waals surface area contributed by atoms with E-state index in [1.165, 1.54) is 24.3 Å². The van der Waals surface area contributed by atoms with Gasteiger partial charge in [-0.2, -0.15) is 12.2 Å². The van der Waals surface area contributed by atoms with Crippen LogP contribution in [0.5, 0.6) is 5.75 Å². The second kappa shape index (κ2) is 5.19. The minimum atomic E-state index is -4.01. The molecule has 0 aliphatic rings. The molecule has 0 saturated carbocycles. The van der Waals surface area contributed by atoms with Gasteiger partial charge in [0.2, 0.25) is 0 Å². The molecule has 0 bridgehead atoms. The molecule has 1 N–H and O–H groups in total. The standard InChI is InChI=1S/C6H5ClO4S.Na.H/c7-11-12(9,10)6-4-2-1-3-5(6)8;;/h1-4,8H;;. The Morgan fingerprint density at radius 1 is 1.31 bits per heavy atom. The molecule has 13 heavy (non-hydrogen) atoms. The minimum absolute atomic E-state index is 0. The fraction of sp³-hybridized carbons (Fsp3) is 0. The normalized spacial score (nSPS) is 10.5. The van der Waals surface area contributed by atoms with Gasteiger partial charge < -0.3 is 5.11 Å². The summed E-state index contributed by atoms with van der Waals surface area (Å²) >= 11 is 4.70. The topological polar surface area (TPSA) is 63.6 Å². The molecule has 1 rings (SSSR count). The van der Waals surface area contributed by atoms with Crippen molar-refractivity contribution in [2.75, 3.05) is 0 Å². The van der Waals surface area contributed by atoms with Crippen LogP contribution in [0.3, 0.4) is 0 Å². The summed E-state index contributed by atoms with van der Waals surface area (Å²) < 4.78 is 25.5. The van der Waals surface area contributed by atoms with E-state index in [0.717, 1.165) is 0 Å². The Balaban J connectivity index is 0.00000144. The molecule has 1 aromatic rings. The number of aromatic hydroxyl groups is 1. The van der Waals surface area contributed by atoms with Crippen LogP contribution in [0.25, 0.3) is 0 Å². The Hall–Kier alpha value is 0.220. The first kappa shape index (κ1) is 13.2. The molecule has 0 heterocycles. The van der Waals surface area contributed by atoms with Gasteiger partial charge >= 0.3 is 39.7 Å². The van der Waals surface area contributed by atoms with Gasteiger partial charge in [0.25, 0.3) is 0 Å². The van der Waals surface area contributed by atoms with Gasteiger partial charge in [-0.1, -0.05) is 12.1 Å². The first-order chi connectivity index (χ1) is 5.58. The van der Waals surface area contributed by atoms with Crippen molar-refractivity contribution < 1.29 is 17.3 Å². The molecule has 68 valence electrons. The van der Waals surface area contributed by atoms with E-state index in [1.807, 2.05) is 0 Å². The van der Waals surface area contributed by atoms with E-state index in [-0.39, 0.29) is 34.5 Å². The third-order valence-corrected chi connectivity index (χ3v) is 2.76. The van der Waals surface area contributed by atoms with Gasteiger partial charge in [-0.3, -0.25) is 0 Å². The Labute approximate surface area is 103 Å². The van der Waals surface area contributed by atoms with Crippen LogP contribution in [0, 0.1) is 0 Å². The number of halogens is 1. The van der Waals surface area contributed by atoms with Crippen molar-refractivity contribution in [3.8, 4) is 5.75 Å². The van der Waals surface area contributed by atoms with Gasteiger partial charge in [0.15, 0.2) is 0 Å². The third kappa shape index (κ3) is 3.12. The van der Waals surface area contributed by atoms with Crippen LogP contribution in [0.15, 0.2) is 29.2 Å². The fourth-order valence-electron chi connectivity index (χ4n) is 0.703.